The lowest BCUT2D eigenvalue weighted by molar-refractivity contribution is 0.449. The lowest BCUT2D eigenvalue weighted by atomic mass is 10.3. The Bertz CT molecular complexity index is 328. The van der Waals surface area contributed by atoms with E-state index in [1.54, 1.807) is 0 Å². The summed E-state index contributed by atoms with van der Waals surface area (Å²) in [6, 6.07) is 0.862. The van der Waals surface area contributed by atoms with Gasteiger partial charge in [-0.2, -0.15) is 11.8 Å². The fourth-order valence-electron chi connectivity index (χ4n) is 1.54. The molecule has 0 amide bonds. The molecule has 0 saturated carbocycles. The van der Waals surface area contributed by atoms with Gasteiger partial charge in [-0.05, 0) is 13.8 Å². The third-order valence-electron chi connectivity index (χ3n) is 2.43. The van der Waals surface area contributed by atoms with Crippen LogP contribution in [0.1, 0.15) is 25.8 Å². The zero-order chi connectivity index (χ0) is 10.8. The number of nitrogens with zero attached hydrogens (tertiary/aromatic N) is 3. The maximum atomic E-state index is 5.67. The highest BCUT2D eigenvalue weighted by Crippen LogP contribution is 2.23. The van der Waals surface area contributed by atoms with Gasteiger partial charge in [0.1, 0.15) is 0 Å². The summed E-state index contributed by atoms with van der Waals surface area (Å²) in [5.74, 6) is 2.73. The normalized spacial score (nSPS) is 24.2. The molecule has 1 aliphatic heterocycles. The van der Waals surface area contributed by atoms with Gasteiger partial charge in [0, 0.05) is 24.1 Å². The topological polar surface area (TPSA) is 68.2 Å². The van der Waals surface area contributed by atoms with Gasteiger partial charge in [-0.3, -0.25) is 0 Å². The quantitative estimate of drug-likeness (QED) is 0.815. The van der Waals surface area contributed by atoms with Crippen LogP contribution in [0, 0.1) is 0 Å². The number of rotatable bonds is 2. The van der Waals surface area contributed by atoms with Crippen LogP contribution >= 0.6 is 11.8 Å². The predicted molar refractivity (Wildman–Crippen MR) is 61.0 cm³/mol. The van der Waals surface area contributed by atoms with Crippen molar-refractivity contribution >= 4 is 17.8 Å². The fraction of sp³-hybridized carbons (Fsp3) is 0.778. The molecule has 1 fully saturated rings. The zero-order valence-electron chi connectivity index (χ0n) is 9.01. The first-order valence-electron chi connectivity index (χ1n) is 5.12. The average molecular weight is 228 g/mol. The molecule has 0 aromatic carbocycles. The Balaban J connectivity index is 2.13. The van der Waals surface area contributed by atoms with Crippen LogP contribution in [0.15, 0.2) is 4.42 Å². The Morgan fingerprint density at radius 3 is 3.00 bits per heavy atom. The van der Waals surface area contributed by atoms with Gasteiger partial charge in [-0.1, -0.05) is 5.10 Å². The summed E-state index contributed by atoms with van der Waals surface area (Å²) in [4.78, 5) is 2.15. The molecule has 2 unspecified atom stereocenters. The lowest BCUT2D eigenvalue weighted by Crippen LogP contribution is -2.40. The average Bonchev–Trinajstić information content (AvgIpc) is 2.67. The second kappa shape index (κ2) is 4.40. The summed E-state index contributed by atoms with van der Waals surface area (Å²) in [7, 11) is 0. The van der Waals surface area contributed by atoms with E-state index in [2.05, 4.69) is 22.0 Å². The van der Waals surface area contributed by atoms with E-state index < -0.39 is 0 Å². The molecule has 1 aromatic heterocycles. The van der Waals surface area contributed by atoms with E-state index in [1.165, 1.54) is 0 Å². The van der Waals surface area contributed by atoms with E-state index in [0.29, 0.717) is 17.9 Å². The van der Waals surface area contributed by atoms with Gasteiger partial charge in [-0.15, -0.1) is 5.10 Å². The van der Waals surface area contributed by atoms with Crippen LogP contribution in [0.3, 0.4) is 0 Å². The van der Waals surface area contributed by atoms with E-state index >= 15 is 0 Å². The number of hydrogen-bond donors (Lipinski definition) is 1. The van der Waals surface area contributed by atoms with Gasteiger partial charge >= 0.3 is 6.01 Å². The van der Waals surface area contributed by atoms with Gasteiger partial charge in [0.25, 0.3) is 0 Å². The van der Waals surface area contributed by atoms with E-state index in [-0.39, 0.29) is 6.04 Å². The second-order valence-corrected chi connectivity index (χ2v) is 4.98. The van der Waals surface area contributed by atoms with Crippen molar-refractivity contribution in [2.24, 2.45) is 5.73 Å². The Hall–Kier alpha value is -0.750. The summed E-state index contributed by atoms with van der Waals surface area (Å²) in [6.45, 7) is 4.97. The molecule has 0 spiro atoms. The highest BCUT2D eigenvalue weighted by atomic mass is 32.2. The second-order valence-electron chi connectivity index (χ2n) is 3.83. The molecule has 1 aromatic rings. The number of thioether (sulfide) groups is 1. The summed E-state index contributed by atoms with van der Waals surface area (Å²) in [6.07, 6.45) is 0. The van der Waals surface area contributed by atoms with Gasteiger partial charge in [-0.25, -0.2) is 0 Å². The molecule has 2 N–H and O–H groups in total. The highest BCUT2D eigenvalue weighted by Gasteiger charge is 2.24. The molecule has 6 heteroatoms. The molecule has 15 heavy (non-hydrogen) atoms. The van der Waals surface area contributed by atoms with Gasteiger partial charge in [0.15, 0.2) is 0 Å². The highest BCUT2D eigenvalue weighted by molar-refractivity contribution is 7.99. The van der Waals surface area contributed by atoms with Crippen LogP contribution in [-0.4, -0.2) is 34.3 Å². The molecule has 0 aliphatic carbocycles. The van der Waals surface area contributed by atoms with Crippen molar-refractivity contribution in [2.75, 3.05) is 23.0 Å². The van der Waals surface area contributed by atoms with Crippen molar-refractivity contribution in [1.29, 1.82) is 0 Å². The molecule has 0 bridgehead atoms. The maximum Gasteiger partial charge on any atom is 0.318 e. The van der Waals surface area contributed by atoms with Crippen LogP contribution in [0.4, 0.5) is 6.01 Å². The van der Waals surface area contributed by atoms with Crippen molar-refractivity contribution < 1.29 is 4.42 Å². The smallest absolute Gasteiger partial charge is 0.318 e. The first kappa shape index (κ1) is 10.8. The molecule has 2 atom stereocenters. The van der Waals surface area contributed by atoms with E-state index in [4.69, 9.17) is 10.2 Å². The summed E-state index contributed by atoms with van der Waals surface area (Å²) in [5.41, 5.74) is 5.67. The van der Waals surface area contributed by atoms with Crippen LogP contribution in [0.25, 0.3) is 0 Å². The van der Waals surface area contributed by atoms with Gasteiger partial charge in [0.05, 0.1) is 6.04 Å². The molecule has 0 radical (unpaired) electrons. The standard InChI is InChI=1S/C9H16N4OS/c1-6-5-15-4-3-13(6)9-12-11-8(14-9)7(2)10/h6-7H,3-5,10H2,1-2H3. The molecular formula is C9H16N4OS. The number of hydrogen-bond acceptors (Lipinski definition) is 6. The largest absolute Gasteiger partial charge is 0.406 e. The van der Waals surface area contributed by atoms with Crippen LogP contribution in [0.5, 0.6) is 0 Å². The van der Waals surface area contributed by atoms with Crippen molar-refractivity contribution in [3.63, 3.8) is 0 Å². The van der Waals surface area contributed by atoms with E-state index in [9.17, 15) is 0 Å². The SMILES string of the molecule is CC(N)c1nnc(N2CCSCC2C)o1. The first-order chi connectivity index (χ1) is 7.18. The molecule has 2 heterocycles. The molecule has 2 rings (SSSR count). The van der Waals surface area contributed by atoms with Crippen molar-refractivity contribution in [2.45, 2.75) is 25.9 Å². The van der Waals surface area contributed by atoms with E-state index in [1.807, 2.05) is 18.7 Å². The Kier molecular flexibility index (Phi) is 3.16. The lowest BCUT2D eigenvalue weighted by Gasteiger charge is -2.31. The number of aromatic nitrogens is 2. The monoisotopic (exact) mass is 228 g/mol. The Labute approximate surface area is 93.4 Å². The summed E-state index contributed by atoms with van der Waals surface area (Å²) in [5, 5.41) is 7.97. The fourth-order valence-corrected chi connectivity index (χ4v) is 2.55. The molecular weight excluding hydrogens is 212 g/mol. The third kappa shape index (κ3) is 2.26. The molecule has 1 saturated heterocycles. The third-order valence-corrected chi connectivity index (χ3v) is 3.62. The Morgan fingerprint density at radius 1 is 1.60 bits per heavy atom. The van der Waals surface area contributed by atoms with E-state index in [0.717, 1.165) is 18.1 Å². The van der Waals surface area contributed by atoms with Crippen LogP contribution < -0.4 is 10.6 Å². The van der Waals surface area contributed by atoms with Crippen molar-refractivity contribution in [1.82, 2.24) is 10.2 Å². The molecule has 84 valence electrons. The van der Waals surface area contributed by atoms with Crippen molar-refractivity contribution in [3.05, 3.63) is 5.89 Å². The first-order valence-corrected chi connectivity index (χ1v) is 6.27. The van der Waals surface area contributed by atoms with Gasteiger partial charge < -0.3 is 15.1 Å². The minimum Gasteiger partial charge on any atom is -0.406 e. The number of nitrogens with two attached hydrogens (primary N) is 1. The number of anilines is 1. The predicted octanol–water partition coefficient (Wildman–Crippen LogP) is 1.03. The minimum absolute atomic E-state index is 0.194. The summed E-state index contributed by atoms with van der Waals surface area (Å²) < 4.78 is 5.52. The van der Waals surface area contributed by atoms with Crippen LogP contribution in [0.2, 0.25) is 0 Å². The van der Waals surface area contributed by atoms with Gasteiger partial charge in [0.2, 0.25) is 5.89 Å². The molecule has 5 nitrogen and oxygen atoms in total. The Morgan fingerprint density at radius 2 is 2.40 bits per heavy atom. The minimum atomic E-state index is -0.194. The maximum absolute atomic E-state index is 5.67. The summed E-state index contributed by atoms with van der Waals surface area (Å²) >= 11 is 1.96. The molecule has 1 aliphatic rings. The van der Waals surface area contributed by atoms with Crippen molar-refractivity contribution in [3.8, 4) is 0 Å². The van der Waals surface area contributed by atoms with Crippen LogP contribution in [-0.2, 0) is 0 Å². The zero-order valence-corrected chi connectivity index (χ0v) is 9.83.